The van der Waals surface area contributed by atoms with E-state index in [0.29, 0.717) is 37.9 Å². The third-order valence-electron chi connectivity index (χ3n) is 8.14. The molecular formula is C40H78O5. The molecule has 0 aromatic heterocycles. The number of carbonyl (C=O) groups is 2. The number of esters is 1. The van der Waals surface area contributed by atoms with Crippen LogP contribution in [0.4, 0.5) is 0 Å². The van der Waals surface area contributed by atoms with Crippen molar-refractivity contribution in [2.45, 2.75) is 196 Å². The second-order valence-corrected chi connectivity index (χ2v) is 12.5. The van der Waals surface area contributed by atoms with Crippen molar-refractivity contribution in [1.82, 2.24) is 0 Å². The van der Waals surface area contributed by atoms with Crippen molar-refractivity contribution in [3.8, 4) is 0 Å². The van der Waals surface area contributed by atoms with Gasteiger partial charge >= 0.3 is 11.9 Å². The quantitative estimate of drug-likeness (QED) is 0.0484. The Labute approximate surface area is 281 Å². The van der Waals surface area contributed by atoms with Crippen molar-refractivity contribution in [2.24, 2.45) is 11.8 Å². The van der Waals surface area contributed by atoms with Gasteiger partial charge in [0.1, 0.15) is 0 Å². The zero-order valence-corrected chi connectivity index (χ0v) is 31.0. The van der Waals surface area contributed by atoms with Crippen LogP contribution in [0.25, 0.3) is 0 Å². The predicted octanol–water partition coefficient (Wildman–Crippen LogP) is 12.4. The van der Waals surface area contributed by atoms with E-state index in [2.05, 4.69) is 65.8 Å². The normalized spacial score (nSPS) is 12.3. The van der Waals surface area contributed by atoms with E-state index in [1.165, 1.54) is 89.9 Å². The molecular weight excluding hydrogens is 560 g/mol. The van der Waals surface area contributed by atoms with E-state index in [1.54, 1.807) is 0 Å². The fraction of sp³-hybridized carbons (Fsp3) is 0.850. The van der Waals surface area contributed by atoms with Crippen LogP contribution in [0.5, 0.6) is 0 Å². The van der Waals surface area contributed by atoms with Gasteiger partial charge in [-0.3, -0.25) is 9.59 Å². The SMILES string of the molecule is CC/C=C\CCCCCCCC(=O)O.CC/C=C\CCCCCCCC(=O)OCC(CC)CCCC.CCCCC(CC)CO. The summed E-state index contributed by atoms with van der Waals surface area (Å²) in [6.45, 7) is 14.0. The molecule has 268 valence electrons. The highest BCUT2D eigenvalue weighted by atomic mass is 16.5. The highest BCUT2D eigenvalue weighted by molar-refractivity contribution is 5.69. The first-order chi connectivity index (χ1) is 21.9. The van der Waals surface area contributed by atoms with Crippen LogP contribution in [0, 0.1) is 11.8 Å². The Balaban J connectivity index is -0.000000653. The number of carbonyl (C=O) groups excluding carboxylic acids is 1. The van der Waals surface area contributed by atoms with E-state index < -0.39 is 5.97 Å². The molecule has 0 saturated carbocycles. The number of allylic oxidation sites excluding steroid dienone is 4. The van der Waals surface area contributed by atoms with E-state index in [-0.39, 0.29) is 5.97 Å². The lowest BCUT2D eigenvalue weighted by Crippen LogP contribution is -2.13. The summed E-state index contributed by atoms with van der Waals surface area (Å²) in [7, 11) is 0. The number of carboxylic acids is 1. The molecule has 2 atom stereocenters. The average Bonchev–Trinajstić information content (AvgIpc) is 3.04. The molecule has 0 aliphatic rings. The maximum Gasteiger partial charge on any atom is 0.305 e. The zero-order chi connectivity index (χ0) is 34.2. The smallest absolute Gasteiger partial charge is 0.305 e. The van der Waals surface area contributed by atoms with Crippen LogP contribution in [0.2, 0.25) is 0 Å². The summed E-state index contributed by atoms with van der Waals surface area (Å²) < 4.78 is 5.42. The number of hydrogen-bond acceptors (Lipinski definition) is 4. The van der Waals surface area contributed by atoms with Gasteiger partial charge in [-0.05, 0) is 76.0 Å². The highest BCUT2D eigenvalue weighted by Crippen LogP contribution is 2.14. The molecule has 0 bridgehead atoms. The van der Waals surface area contributed by atoms with Gasteiger partial charge in [-0.15, -0.1) is 0 Å². The van der Waals surface area contributed by atoms with Crippen LogP contribution in [-0.4, -0.2) is 35.4 Å². The molecule has 2 N–H and O–H groups in total. The number of unbranched alkanes of at least 4 members (excludes halogenated alkanes) is 12. The fourth-order valence-electron chi connectivity index (χ4n) is 4.80. The predicted molar refractivity (Wildman–Crippen MR) is 196 cm³/mol. The molecule has 0 fully saturated rings. The lowest BCUT2D eigenvalue weighted by molar-refractivity contribution is -0.145. The number of aliphatic hydroxyl groups excluding tert-OH is 1. The molecule has 45 heavy (non-hydrogen) atoms. The largest absolute Gasteiger partial charge is 0.481 e. The van der Waals surface area contributed by atoms with Crippen LogP contribution in [0.3, 0.4) is 0 Å². The maximum atomic E-state index is 11.7. The van der Waals surface area contributed by atoms with Gasteiger partial charge in [0.25, 0.3) is 0 Å². The molecule has 0 saturated heterocycles. The van der Waals surface area contributed by atoms with Gasteiger partial charge in [0.2, 0.25) is 0 Å². The Morgan fingerprint density at radius 3 is 1.44 bits per heavy atom. The Hall–Kier alpha value is -1.62. The van der Waals surface area contributed by atoms with Gasteiger partial charge in [-0.25, -0.2) is 0 Å². The van der Waals surface area contributed by atoms with Gasteiger partial charge in [0.15, 0.2) is 0 Å². The number of aliphatic hydroxyl groups is 1. The van der Waals surface area contributed by atoms with Gasteiger partial charge in [-0.2, -0.15) is 0 Å². The Bertz CT molecular complexity index is 639. The molecule has 0 heterocycles. The van der Waals surface area contributed by atoms with E-state index in [1.807, 2.05) is 0 Å². The molecule has 0 aliphatic heterocycles. The molecule has 0 aromatic carbocycles. The van der Waals surface area contributed by atoms with Gasteiger partial charge in [0, 0.05) is 19.4 Å². The molecule has 0 spiro atoms. The molecule has 0 amide bonds. The summed E-state index contributed by atoms with van der Waals surface area (Å²) in [5.41, 5.74) is 0. The van der Waals surface area contributed by atoms with Gasteiger partial charge < -0.3 is 14.9 Å². The van der Waals surface area contributed by atoms with Gasteiger partial charge in [-0.1, -0.05) is 143 Å². The molecule has 0 radical (unpaired) electrons. The van der Waals surface area contributed by atoms with Crippen molar-refractivity contribution in [3.05, 3.63) is 24.3 Å². The summed E-state index contributed by atoms with van der Waals surface area (Å²) in [5, 5.41) is 17.2. The van der Waals surface area contributed by atoms with Crippen molar-refractivity contribution >= 4 is 11.9 Å². The first-order valence-corrected chi connectivity index (χ1v) is 19.1. The average molecular weight is 639 g/mol. The van der Waals surface area contributed by atoms with Gasteiger partial charge in [0.05, 0.1) is 6.61 Å². The lowest BCUT2D eigenvalue weighted by Gasteiger charge is -2.14. The maximum absolute atomic E-state index is 11.7. The highest BCUT2D eigenvalue weighted by Gasteiger charge is 2.09. The molecule has 0 aromatic rings. The van der Waals surface area contributed by atoms with Crippen molar-refractivity contribution in [1.29, 1.82) is 0 Å². The van der Waals surface area contributed by atoms with E-state index >= 15 is 0 Å². The fourth-order valence-corrected chi connectivity index (χ4v) is 4.80. The van der Waals surface area contributed by atoms with Crippen LogP contribution in [-0.2, 0) is 14.3 Å². The van der Waals surface area contributed by atoms with Crippen LogP contribution in [0.15, 0.2) is 24.3 Å². The Morgan fingerprint density at radius 2 is 1.02 bits per heavy atom. The minimum Gasteiger partial charge on any atom is -0.481 e. The Kier molecular flexibility index (Phi) is 45.0. The number of carboxylic acid groups (broad SMARTS) is 1. The second-order valence-electron chi connectivity index (χ2n) is 12.5. The molecule has 0 rings (SSSR count). The van der Waals surface area contributed by atoms with E-state index in [4.69, 9.17) is 14.9 Å². The van der Waals surface area contributed by atoms with E-state index in [0.717, 1.165) is 51.4 Å². The Morgan fingerprint density at radius 1 is 0.578 bits per heavy atom. The van der Waals surface area contributed by atoms with Crippen molar-refractivity contribution < 1.29 is 24.5 Å². The summed E-state index contributed by atoms with van der Waals surface area (Å²) in [6.07, 6.45) is 35.6. The summed E-state index contributed by atoms with van der Waals surface area (Å²) >= 11 is 0. The third kappa shape index (κ3) is 44.6. The zero-order valence-electron chi connectivity index (χ0n) is 31.0. The second kappa shape index (κ2) is 42.4. The van der Waals surface area contributed by atoms with E-state index in [9.17, 15) is 9.59 Å². The summed E-state index contributed by atoms with van der Waals surface area (Å²) in [4.78, 5) is 21.9. The molecule has 5 heteroatoms. The van der Waals surface area contributed by atoms with Crippen LogP contribution in [0.1, 0.15) is 196 Å². The number of ether oxygens (including phenoxy) is 1. The lowest BCUT2D eigenvalue weighted by atomic mass is 10.0. The molecule has 5 nitrogen and oxygen atoms in total. The summed E-state index contributed by atoms with van der Waals surface area (Å²) in [6, 6.07) is 0. The summed E-state index contributed by atoms with van der Waals surface area (Å²) in [5.74, 6) is 0.446. The molecule has 2 unspecified atom stereocenters. The topological polar surface area (TPSA) is 83.8 Å². The molecule has 0 aliphatic carbocycles. The minimum atomic E-state index is -0.670. The number of rotatable bonds is 29. The standard InChI is InChI=1S/C20H38O2.C12H22O2.C8H18O/c1-4-7-9-10-11-12-13-14-15-17-20(21)22-18-19(6-3)16-8-5-2;1-2-3-4-5-6-7-8-9-10-11-12(13)14;1-3-5-6-8(4-2)7-9/h7,9,19H,4-6,8,10-18H2,1-3H3;3-4H,2,5-11H2,1H3,(H,13,14);8-9H,3-7H2,1-2H3/b9-7-;4-3-;. The monoisotopic (exact) mass is 639 g/mol. The van der Waals surface area contributed by atoms with Crippen molar-refractivity contribution in [3.63, 3.8) is 0 Å². The number of aliphatic carboxylic acids is 1. The third-order valence-corrected chi connectivity index (χ3v) is 8.14. The first kappa shape index (κ1) is 47.8. The minimum absolute atomic E-state index is 0.000766. The van der Waals surface area contributed by atoms with Crippen LogP contribution >= 0.6 is 0 Å². The first-order valence-electron chi connectivity index (χ1n) is 19.1. The van der Waals surface area contributed by atoms with Crippen molar-refractivity contribution in [2.75, 3.05) is 13.2 Å². The number of hydrogen-bond donors (Lipinski definition) is 2. The van der Waals surface area contributed by atoms with Crippen LogP contribution < -0.4 is 0 Å².